The molecule has 0 radical (unpaired) electrons. The van der Waals surface area contributed by atoms with Crippen molar-refractivity contribution in [1.29, 1.82) is 0 Å². The molecule has 29 heavy (non-hydrogen) atoms. The minimum atomic E-state index is -0.291. The highest BCUT2D eigenvalue weighted by molar-refractivity contribution is 5.94. The number of nitrogens with zero attached hydrogens (tertiary/aromatic N) is 2. The van der Waals surface area contributed by atoms with Gasteiger partial charge in [0.25, 0.3) is 0 Å². The summed E-state index contributed by atoms with van der Waals surface area (Å²) in [5, 5.41) is 13.1. The van der Waals surface area contributed by atoms with Gasteiger partial charge in [-0.15, -0.1) is 0 Å². The number of carbonyl (C=O) groups is 1. The topological polar surface area (TPSA) is 94.8 Å². The second kappa shape index (κ2) is 7.38. The van der Waals surface area contributed by atoms with Crippen LogP contribution in [0, 0.1) is 0 Å². The average Bonchev–Trinajstić information content (AvgIpc) is 3.16. The minimum Gasteiger partial charge on any atom is -0.504 e. The third-order valence-corrected chi connectivity index (χ3v) is 5.02. The van der Waals surface area contributed by atoms with Gasteiger partial charge in [-0.05, 0) is 29.8 Å². The SMILES string of the molecule is COc1ccc(-n2cnc3c2NC(=O)CC3c2ccc(OC)c(O)c2)c(OC)c1. The molecule has 2 heterocycles. The van der Waals surface area contributed by atoms with Gasteiger partial charge in [0.2, 0.25) is 5.91 Å². The Kier molecular flexibility index (Phi) is 4.75. The summed E-state index contributed by atoms with van der Waals surface area (Å²) in [6.45, 7) is 0. The number of phenols is 1. The third-order valence-electron chi connectivity index (χ3n) is 5.02. The summed E-state index contributed by atoms with van der Waals surface area (Å²) in [6.07, 6.45) is 1.88. The van der Waals surface area contributed by atoms with Crippen LogP contribution in [0.15, 0.2) is 42.7 Å². The van der Waals surface area contributed by atoms with E-state index in [-0.39, 0.29) is 24.0 Å². The monoisotopic (exact) mass is 395 g/mol. The lowest BCUT2D eigenvalue weighted by atomic mass is 9.89. The molecule has 8 heteroatoms. The van der Waals surface area contributed by atoms with E-state index < -0.39 is 0 Å². The number of aromatic nitrogens is 2. The standard InChI is InChI=1S/C21H21N3O5/c1-27-13-5-6-15(18(9-13)29-3)24-11-22-20-14(10-19(26)23-21(20)24)12-4-7-17(28-2)16(25)8-12/h4-9,11,14,25H,10H2,1-3H3,(H,23,26). The Morgan fingerprint density at radius 3 is 2.55 bits per heavy atom. The van der Waals surface area contributed by atoms with Gasteiger partial charge in [0.1, 0.15) is 23.6 Å². The van der Waals surface area contributed by atoms with Gasteiger partial charge in [0, 0.05) is 18.4 Å². The summed E-state index contributed by atoms with van der Waals surface area (Å²) in [5.41, 5.74) is 2.22. The van der Waals surface area contributed by atoms with E-state index in [4.69, 9.17) is 14.2 Å². The second-order valence-electron chi connectivity index (χ2n) is 6.62. The zero-order valence-electron chi connectivity index (χ0n) is 16.3. The predicted molar refractivity (Wildman–Crippen MR) is 106 cm³/mol. The van der Waals surface area contributed by atoms with Crippen LogP contribution in [0.25, 0.3) is 5.69 Å². The van der Waals surface area contributed by atoms with Crippen molar-refractivity contribution in [3.05, 3.63) is 54.0 Å². The molecule has 0 saturated heterocycles. The number of hydrogen-bond donors (Lipinski definition) is 2. The number of aromatic hydroxyl groups is 1. The van der Waals surface area contributed by atoms with Crippen molar-refractivity contribution in [2.24, 2.45) is 0 Å². The first-order valence-electron chi connectivity index (χ1n) is 9.02. The Bertz CT molecular complexity index is 1080. The van der Waals surface area contributed by atoms with Crippen molar-refractivity contribution in [2.45, 2.75) is 12.3 Å². The maximum Gasteiger partial charge on any atom is 0.226 e. The number of ether oxygens (including phenoxy) is 3. The van der Waals surface area contributed by atoms with Gasteiger partial charge in [0.15, 0.2) is 11.5 Å². The molecule has 0 fully saturated rings. The smallest absolute Gasteiger partial charge is 0.226 e. The highest BCUT2D eigenvalue weighted by atomic mass is 16.5. The molecule has 150 valence electrons. The molecule has 1 aliphatic heterocycles. The van der Waals surface area contributed by atoms with E-state index in [1.807, 2.05) is 18.2 Å². The second-order valence-corrected chi connectivity index (χ2v) is 6.62. The molecule has 0 bridgehead atoms. The fourth-order valence-corrected chi connectivity index (χ4v) is 3.57. The summed E-state index contributed by atoms with van der Waals surface area (Å²) in [6, 6.07) is 10.5. The lowest BCUT2D eigenvalue weighted by Crippen LogP contribution is -2.25. The quantitative estimate of drug-likeness (QED) is 0.689. The van der Waals surface area contributed by atoms with E-state index in [0.717, 1.165) is 11.3 Å². The average molecular weight is 395 g/mol. The van der Waals surface area contributed by atoms with Crippen molar-refractivity contribution in [2.75, 3.05) is 26.6 Å². The lowest BCUT2D eigenvalue weighted by Gasteiger charge is -2.24. The van der Waals surface area contributed by atoms with Crippen LogP contribution in [0.2, 0.25) is 0 Å². The van der Waals surface area contributed by atoms with Gasteiger partial charge in [-0.25, -0.2) is 4.98 Å². The molecule has 1 aliphatic rings. The fraction of sp³-hybridized carbons (Fsp3) is 0.238. The maximum absolute atomic E-state index is 12.5. The Balaban J connectivity index is 1.80. The molecule has 2 N–H and O–H groups in total. The number of hydrogen-bond acceptors (Lipinski definition) is 6. The first-order chi connectivity index (χ1) is 14.0. The molecular weight excluding hydrogens is 374 g/mol. The normalized spacial score (nSPS) is 15.4. The van der Waals surface area contributed by atoms with E-state index in [9.17, 15) is 9.90 Å². The first-order valence-corrected chi connectivity index (χ1v) is 9.02. The van der Waals surface area contributed by atoms with Crippen molar-refractivity contribution in [3.63, 3.8) is 0 Å². The predicted octanol–water partition coefficient (Wildman–Crippen LogP) is 3.08. The largest absolute Gasteiger partial charge is 0.504 e. The van der Waals surface area contributed by atoms with E-state index >= 15 is 0 Å². The Hall–Kier alpha value is -3.68. The molecule has 8 nitrogen and oxygen atoms in total. The van der Waals surface area contributed by atoms with Crippen LogP contribution >= 0.6 is 0 Å². The molecule has 0 aliphatic carbocycles. The Morgan fingerprint density at radius 1 is 1.07 bits per heavy atom. The van der Waals surface area contributed by atoms with Crippen LogP contribution in [0.5, 0.6) is 23.0 Å². The summed E-state index contributed by atoms with van der Waals surface area (Å²) in [7, 11) is 4.65. The summed E-state index contributed by atoms with van der Waals surface area (Å²) < 4.78 is 17.6. The minimum absolute atomic E-state index is 0.0220. The van der Waals surface area contributed by atoms with Gasteiger partial charge in [0.05, 0.1) is 32.7 Å². The molecule has 3 aromatic rings. The number of phenolic OH excluding ortho intramolecular Hbond substituents is 1. The summed E-state index contributed by atoms with van der Waals surface area (Å²) in [5.74, 6) is 1.80. The van der Waals surface area contributed by atoms with Crippen LogP contribution in [-0.2, 0) is 4.79 Å². The number of benzene rings is 2. The maximum atomic E-state index is 12.5. The van der Waals surface area contributed by atoms with Gasteiger partial charge in [-0.3, -0.25) is 9.36 Å². The highest BCUT2D eigenvalue weighted by Gasteiger charge is 2.32. The molecule has 1 aromatic heterocycles. The number of anilines is 1. The summed E-state index contributed by atoms with van der Waals surface area (Å²) in [4.78, 5) is 17.0. The lowest BCUT2D eigenvalue weighted by molar-refractivity contribution is -0.116. The highest BCUT2D eigenvalue weighted by Crippen LogP contribution is 2.41. The number of amides is 1. The van der Waals surface area contributed by atoms with Crippen LogP contribution in [0.4, 0.5) is 5.82 Å². The van der Waals surface area contributed by atoms with E-state index in [1.54, 1.807) is 43.3 Å². The van der Waals surface area contributed by atoms with Gasteiger partial charge >= 0.3 is 0 Å². The number of carbonyl (C=O) groups excluding carboxylic acids is 1. The van der Waals surface area contributed by atoms with Crippen molar-refractivity contribution >= 4 is 11.7 Å². The molecule has 1 atom stereocenters. The van der Waals surface area contributed by atoms with Crippen molar-refractivity contribution in [1.82, 2.24) is 9.55 Å². The van der Waals surface area contributed by atoms with Crippen LogP contribution in [0.3, 0.4) is 0 Å². The van der Waals surface area contributed by atoms with Gasteiger partial charge < -0.3 is 24.6 Å². The van der Waals surface area contributed by atoms with Crippen LogP contribution in [-0.4, -0.2) is 41.9 Å². The fourth-order valence-electron chi connectivity index (χ4n) is 3.57. The van der Waals surface area contributed by atoms with Crippen LogP contribution < -0.4 is 19.5 Å². The van der Waals surface area contributed by atoms with Crippen LogP contribution in [0.1, 0.15) is 23.6 Å². The number of rotatable bonds is 5. The van der Waals surface area contributed by atoms with Crippen molar-refractivity contribution < 1.29 is 24.1 Å². The number of fused-ring (bicyclic) bond motifs is 1. The number of nitrogens with one attached hydrogen (secondary N) is 1. The summed E-state index contributed by atoms with van der Waals surface area (Å²) >= 11 is 0. The molecule has 4 rings (SSSR count). The number of methoxy groups -OCH3 is 3. The Morgan fingerprint density at radius 2 is 1.86 bits per heavy atom. The molecular formula is C21H21N3O5. The molecule has 1 unspecified atom stereocenters. The van der Waals surface area contributed by atoms with Gasteiger partial charge in [-0.1, -0.05) is 6.07 Å². The van der Waals surface area contributed by atoms with E-state index in [2.05, 4.69) is 10.3 Å². The molecule has 2 aromatic carbocycles. The molecule has 0 spiro atoms. The number of imidazole rings is 1. The van der Waals surface area contributed by atoms with E-state index in [0.29, 0.717) is 28.8 Å². The Labute approximate surface area is 167 Å². The third kappa shape index (κ3) is 3.22. The zero-order chi connectivity index (χ0) is 20.5. The first kappa shape index (κ1) is 18.7. The molecule has 0 saturated carbocycles. The zero-order valence-corrected chi connectivity index (χ0v) is 16.3. The van der Waals surface area contributed by atoms with E-state index in [1.165, 1.54) is 7.11 Å². The molecule has 1 amide bonds. The van der Waals surface area contributed by atoms with Crippen molar-refractivity contribution in [3.8, 4) is 28.7 Å². The van der Waals surface area contributed by atoms with Gasteiger partial charge in [-0.2, -0.15) is 0 Å².